The van der Waals surface area contributed by atoms with Crippen molar-refractivity contribution >= 4 is 29.1 Å². The number of benzene rings is 1. The van der Waals surface area contributed by atoms with E-state index in [4.69, 9.17) is 17.3 Å². The lowest BCUT2D eigenvalue weighted by atomic mass is 10.1. The normalized spacial score (nSPS) is 25.4. The lowest BCUT2D eigenvalue weighted by molar-refractivity contribution is 0.627. The summed E-state index contributed by atoms with van der Waals surface area (Å²) in [6.07, 6.45) is 0.877. The fourth-order valence-electron chi connectivity index (χ4n) is 2.56. The molecule has 3 unspecified atom stereocenters. The van der Waals surface area contributed by atoms with Crippen LogP contribution in [0, 0.1) is 0 Å². The Morgan fingerprint density at radius 2 is 2.21 bits per heavy atom. The van der Waals surface area contributed by atoms with Crippen LogP contribution in [0.2, 0.25) is 5.02 Å². The van der Waals surface area contributed by atoms with Crippen molar-refractivity contribution in [1.29, 1.82) is 0 Å². The second kappa shape index (κ2) is 6.38. The van der Waals surface area contributed by atoms with Gasteiger partial charge in [-0.25, -0.2) is 0 Å². The molecule has 1 aliphatic rings. The van der Waals surface area contributed by atoms with Crippen LogP contribution in [0.1, 0.15) is 26.3 Å². The molecular formula is C15H23ClN2S. The highest BCUT2D eigenvalue weighted by Gasteiger charge is 2.26. The molecule has 0 bridgehead atoms. The fourth-order valence-corrected chi connectivity index (χ4v) is 3.97. The van der Waals surface area contributed by atoms with Gasteiger partial charge in [0.2, 0.25) is 0 Å². The second-order valence-corrected chi connectivity index (χ2v) is 7.37. The Morgan fingerprint density at radius 3 is 2.84 bits per heavy atom. The van der Waals surface area contributed by atoms with E-state index >= 15 is 0 Å². The van der Waals surface area contributed by atoms with Gasteiger partial charge in [-0.15, -0.1) is 0 Å². The summed E-state index contributed by atoms with van der Waals surface area (Å²) in [6, 6.07) is 7.07. The molecule has 1 aliphatic heterocycles. The number of nitrogens with two attached hydrogens (primary N) is 1. The second-order valence-electron chi connectivity index (χ2n) is 5.48. The summed E-state index contributed by atoms with van der Waals surface area (Å²) in [5.74, 6) is 1.17. The van der Waals surface area contributed by atoms with E-state index in [-0.39, 0.29) is 6.04 Å². The maximum atomic E-state index is 6.47. The molecule has 2 N–H and O–H groups in total. The van der Waals surface area contributed by atoms with Gasteiger partial charge < -0.3 is 10.6 Å². The predicted octanol–water partition coefficient (Wildman–Crippen LogP) is 3.56. The Morgan fingerprint density at radius 1 is 1.47 bits per heavy atom. The summed E-state index contributed by atoms with van der Waals surface area (Å²) in [4.78, 5) is 2.43. The lowest BCUT2D eigenvalue weighted by Crippen LogP contribution is -2.44. The SMILES string of the molecule is CC(N)Cc1ccc(N2CCSC(C)C2C)c(Cl)c1. The van der Waals surface area contributed by atoms with Gasteiger partial charge in [-0.1, -0.05) is 24.6 Å². The molecule has 4 heteroatoms. The average Bonchev–Trinajstić information content (AvgIpc) is 2.33. The van der Waals surface area contributed by atoms with E-state index in [1.54, 1.807) is 0 Å². The van der Waals surface area contributed by atoms with E-state index in [0.717, 1.165) is 23.7 Å². The number of hydrogen-bond donors (Lipinski definition) is 1. The molecule has 3 atom stereocenters. The first-order valence-corrected chi connectivity index (χ1v) is 8.34. The number of thioether (sulfide) groups is 1. The number of hydrogen-bond acceptors (Lipinski definition) is 3. The molecule has 0 aromatic heterocycles. The summed E-state index contributed by atoms with van der Waals surface area (Å²) in [7, 11) is 0. The van der Waals surface area contributed by atoms with E-state index in [9.17, 15) is 0 Å². The van der Waals surface area contributed by atoms with Crippen molar-refractivity contribution in [2.45, 2.75) is 44.5 Å². The van der Waals surface area contributed by atoms with Crippen LogP contribution >= 0.6 is 23.4 Å². The van der Waals surface area contributed by atoms with Crippen LogP contribution in [0.4, 0.5) is 5.69 Å². The van der Waals surface area contributed by atoms with Crippen LogP contribution in [0.25, 0.3) is 0 Å². The molecule has 2 rings (SSSR count). The summed E-state index contributed by atoms with van der Waals surface area (Å²) in [6.45, 7) is 7.67. The third kappa shape index (κ3) is 3.59. The minimum absolute atomic E-state index is 0.173. The third-order valence-electron chi connectivity index (χ3n) is 3.76. The molecule has 1 fully saturated rings. The van der Waals surface area contributed by atoms with Gasteiger partial charge in [0.25, 0.3) is 0 Å². The summed E-state index contributed by atoms with van der Waals surface area (Å²) >= 11 is 8.51. The van der Waals surface area contributed by atoms with Gasteiger partial charge in [0.1, 0.15) is 0 Å². The van der Waals surface area contributed by atoms with Gasteiger partial charge in [0.15, 0.2) is 0 Å². The number of halogens is 1. The van der Waals surface area contributed by atoms with E-state index in [1.807, 2.05) is 18.7 Å². The summed E-state index contributed by atoms with van der Waals surface area (Å²) in [5.41, 5.74) is 8.22. The maximum absolute atomic E-state index is 6.47. The smallest absolute Gasteiger partial charge is 0.0642 e. The van der Waals surface area contributed by atoms with Gasteiger partial charge in [0.05, 0.1) is 10.7 Å². The van der Waals surface area contributed by atoms with E-state index in [2.05, 4.69) is 36.9 Å². The number of nitrogens with zero attached hydrogens (tertiary/aromatic N) is 1. The predicted molar refractivity (Wildman–Crippen MR) is 87.5 cm³/mol. The molecule has 0 saturated carbocycles. The monoisotopic (exact) mass is 298 g/mol. The zero-order valence-electron chi connectivity index (χ0n) is 11.9. The van der Waals surface area contributed by atoms with Gasteiger partial charge in [0, 0.05) is 29.6 Å². The van der Waals surface area contributed by atoms with Crippen LogP contribution in [0.15, 0.2) is 18.2 Å². The van der Waals surface area contributed by atoms with E-state index < -0.39 is 0 Å². The van der Waals surface area contributed by atoms with Crippen molar-refractivity contribution in [1.82, 2.24) is 0 Å². The van der Waals surface area contributed by atoms with E-state index in [0.29, 0.717) is 11.3 Å². The average molecular weight is 299 g/mol. The van der Waals surface area contributed by atoms with Gasteiger partial charge in [-0.05, 0) is 38.0 Å². The summed E-state index contributed by atoms with van der Waals surface area (Å²) < 4.78 is 0. The Hall–Kier alpha value is -0.380. The third-order valence-corrected chi connectivity index (χ3v) is 5.40. The standard InChI is InChI=1S/C15H23ClN2S/c1-10(17)8-13-4-5-15(14(16)9-13)18-6-7-19-12(3)11(18)2/h4-5,9-12H,6-8,17H2,1-3H3. The molecular weight excluding hydrogens is 276 g/mol. The zero-order chi connectivity index (χ0) is 14.0. The molecule has 0 spiro atoms. The van der Waals surface area contributed by atoms with Crippen LogP contribution < -0.4 is 10.6 Å². The molecule has 1 heterocycles. The van der Waals surface area contributed by atoms with Gasteiger partial charge in [-0.2, -0.15) is 11.8 Å². The van der Waals surface area contributed by atoms with Crippen molar-refractivity contribution in [2.24, 2.45) is 5.73 Å². The largest absolute Gasteiger partial charge is 0.366 e. The first-order valence-electron chi connectivity index (χ1n) is 6.91. The van der Waals surface area contributed by atoms with Crippen molar-refractivity contribution in [2.75, 3.05) is 17.2 Å². The highest BCUT2D eigenvalue weighted by atomic mass is 35.5. The molecule has 19 heavy (non-hydrogen) atoms. The number of rotatable bonds is 3. The Bertz CT molecular complexity index is 436. The Labute approximate surface area is 125 Å². The first kappa shape index (κ1) is 15.0. The molecule has 0 aliphatic carbocycles. The minimum Gasteiger partial charge on any atom is -0.366 e. The first-order chi connectivity index (χ1) is 8.99. The molecule has 1 aromatic carbocycles. The van der Waals surface area contributed by atoms with Crippen molar-refractivity contribution in [3.05, 3.63) is 28.8 Å². The van der Waals surface area contributed by atoms with Crippen LogP contribution in [-0.2, 0) is 6.42 Å². The maximum Gasteiger partial charge on any atom is 0.0642 e. The molecule has 0 amide bonds. The Balaban J connectivity index is 2.20. The quantitative estimate of drug-likeness (QED) is 0.925. The highest BCUT2D eigenvalue weighted by Crippen LogP contribution is 2.34. The molecule has 0 radical (unpaired) electrons. The van der Waals surface area contributed by atoms with Gasteiger partial charge >= 0.3 is 0 Å². The minimum atomic E-state index is 0.173. The lowest BCUT2D eigenvalue weighted by Gasteiger charge is -2.39. The van der Waals surface area contributed by atoms with Crippen molar-refractivity contribution in [3.63, 3.8) is 0 Å². The molecule has 2 nitrogen and oxygen atoms in total. The molecule has 1 aromatic rings. The van der Waals surface area contributed by atoms with E-state index in [1.165, 1.54) is 11.3 Å². The molecule has 106 valence electrons. The van der Waals surface area contributed by atoms with Gasteiger partial charge in [-0.3, -0.25) is 0 Å². The number of anilines is 1. The summed E-state index contributed by atoms with van der Waals surface area (Å²) in [5, 5.41) is 1.50. The topological polar surface area (TPSA) is 29.3 Å². The highest BCUT2D eigenvalue weighted by molar-refractivity contribution is 8.00. The Kier molecular flexibility index (Phi) is 5.04. The fraction of sp³-hybridized carbons (Fsp3) is 0.600. The van der Waals surface area contributed by atoms with Crippen molar-refractivity contribution in [3.8, 4) is 0 Å². The zero-order valence-corrected chi connectivity index (χ0v) is 13.5. The molecule has 1 saturated heterocycles. The van der Waals surface area contributed by atoms with Crippen molar-refractivity contribution < 1.29 is 0 Å². The van der Waals surface area contributed by atoms with Crippen LogP contribution in [-0.4, -0.2) is 29.6 Å². The van der Waals surface area contributed by atoms with Crippen LogP contribution in [0.3, 0.4) is 0 Å². The van der Waals surface area contributed by atoms with Crippen LogP contribution in [0.5, 0.6) is 0 Å².